The molecule has 0 saturated carbocycles. The number of nitrogens with two attached hydrogens (primary N) is 1. The first-order valence-corrected chi connectivity index (χ1v) is 4.71. The summed E-state index contributed by atoms with van der Waals surface area (Å²) in [5, 5.41) is 0. The fraction of sp³-hybridized carbons (Fsp3) is 0.300. The fourth-order valence-electron chi connectivity index (χ4n) is 1.55. The number of anilines is 1. The van der Waals surface area contributed by atoms with E-state index in [2.05, 4.69) is 4.98 Å². The van der Waals surface area contributed by atoms with Crippen LogP contribution in [0.25, 0.3) is 0 Å². The third kappa shape index (κ3) is 1.96. The molecule has 1 aromatic heterocycles. The van der Waals surface area contributed by atoms with Gasteiger partial charge in [-0.05, 0) is 12.1 Å². The molecule has 0 radical (unpaired) electrons. The monoisotopic (exact) mass is 205 g/mol. The normalized spacial score (nSPS) is 16.1. The van der Waals surface area contributed by atoms with Crippen LogP contribution >= 0.6 is 0 Å². The van der Waals surface area contributed by atoms with E-state index in [0.29, 0.717) is 24.4 Å². The minimum Gasteiger partial charge on any atom is -0.384 e. The second-order valence-corrected chi connectivity index (χ2v) is 3.43. The van der Waals surface area contributed by atoms with Gasteiger partial charge in [-0.15, -0.1) is 0 Å². The molecule has 2 amide bonds. The number of hydrogen-bond acceptors (Lipinski definition) is 4. The minimum atomic E-state index is -0.135. The first-order chi connectivity index (χ1) is 7.16. The van der Waals surface area contributed by atoms with Gasteiger partial charge in [-0.2, -0.15) is 0 Å². The van der Waals surface area contributed by atoms with Crippen LogP contribution in [0.15, 0.2) is 18.2 Å². The number of rotatable bonds is 2. The van der Waals surface area contributed by atoms with Gasteiger partial charge in [0.25, 0.3) is 0 Å². The molecule has 0 spiro atoms. The zero-order valence-corrected chi connectivity index (χ0v) is 8.14. The number of nitrogen functional groups attached to an aromatic ring is 1. The summed E-state index contributed by atoms with van der Waals surface area (Å²) in [6.07, 6.45) is 0.613. The Balaban J connectivity index is 2.15. The standard InChI is InChI=1S/C10H11N3O2/c11-8-3-1-2-7(12-8)6-13-9(14)4-5-10(13)15/h1-3H,4-6H2,(H2,11,12). The van der Waals surface area contributed by atoms with Gasteiger partial charge in [-0.3, -0.25) is 14.5 Å². The maximum Gasteiger partial charge on any atom is 0.230 e. The van der Waals surface area contributed by atoms with Crippen molar-refractivity contribution in [3.05, 3.63) is 23.9 Å². The molecule has 78 valence electrons. The van der Waals surface area contributed by atoms with E-state index < -0.39 is 0 Å². The van der Waals surface area contributed by atoms with Gasteiger partial charge in [-0.1, -0.05) is 6.07 Å². The van der Waals surface area contributed by atoms with Crippen LogP contribution in [0.3, 0.4) is 0 Å². The van der Waals surface area contributed by atoms with E-state index in [0.717, 1.165) is 0 Å². The van der Waals surface area contributed by atoms with Crippen molar-refractivity contribution in [3.8, 4) is 0 Å². The number of amides is 2. The number of carbonyl (C=O) groups excluding carboxylic acids is 2. The Hall–Kier alpha value is -1.91. The Bertz CT molecular complexity index is 401. The van der Waals surface area contributed by atoms with Crippen LogP contribution in [0.5, 0.6) is 0 Å². The highest BCUT2D eigenvalue weighted by atomic mass is 16.2. The van der Waals surface area contributed by atoms with Gasteiger partial charge in [0.05, 0.1) is 12.2 Å². The first kappa shape index (κ1) is 9.64. The van der Waals surface area contributed by atoms with Crippen LogP contribution in [-0.4, -0.2) is 21.7 Å². The predicted molar refractivity (Wildman–Crippen MR) is 53.4 cm³/mol. The Morgan fingerprint density at radius 2 is 1.93 bits per heavy atom. The number of hydrogen-bond donors (Lipinski definition) is 1. The predicted octanol–water partition coefficient (Wildman–Crippen LogP) is 0.313. The van der Waals surface area contributed by atoms with Crippen LogP contribution in [0.4, 0.5) is 5.82 Å². The molecule has 1 aliphatic heterocycles. The van der Waals surface area contributed by atoms with Gasteiger partial charge in [0.15, 0.2) is 0 Å². The zero-order valence-electron chi connectivity index (χ0n) is 8.14. The molecule has 1 fully saturated rings. The van der Waals surface area contributed by atoms with Crippen LogP contribution in [0.2, 0.25) is 0 Å². The Morgan fingerprint density at radius 3 is 2.53 bits per heavy atom. The molecule has 1 saturated heterocycles. The van der Waals surface area contributed by atoms with Gasteiger partial charge in [0.2, 0.25) is 11.8 Å². The van der Waals surface area contributed by atoms with Crippen molar-refractivity contribution in [2.24, 2.45) is 0 Å². The van der Waals surface area contributed by atoms with Crippen molar-refractivity contribution in [2.75, 3.05) is 5.73 Å². The Kier molecular flexibility index (Phi) is 2.37. The number of likely N-dealkylation sites (tertiary alicyclic amines) is 1. The first-order valence-electron chi connectivity index (χ1n) is 4.71. The SMILES string of the molecule is Nc1cccc(CN2C(=O)CCC2=O)n1. The summed E-state index contributed by atoms with van der Waals surface area (Å²) in [5.41, 5.74) is 6.14. The van der Waals surface area contributed by atoms with E-state index in [9.17, 15) is 9.59 Å². The third-order valence-electron chi connectivity index (χ3n) is 2.30. The lowest BCUT2D eigenvalue weighted by Crippen LogP contribution is -2.28. The summed E-state index contributed by atoms with van der Waals surface area (Å²) in [4.78, 5) is 27.9. The van der Waals surface area contributed by atoms with Crippen LogP contribution < -0.4 is 5.73 Å². The molecule has 1 aromatic rings. The van der Waals surface area contributed by atoms with Crippen LogP contribution in [0, 0.1) is 0 Å². The maximum absolute atomic E-state index is 11.3. The van der Waals surface area contributed by atoms with E-state index in [-0.39, 0.29) is 18.4 Å². The summed E-state index contributed by atoms with van der Waals surface area (Å²) in [7, 11) is 0. The van der Waals surface area contributed by atoms with Crippen LogP contribution in [0.1, 0.15) is 18.5 Å². The van der Waals surface area contributed by atoms with Gasteiger partial charge < -0.3 is 5.73 Å². The molecular weight excluding hydrogens is 194 g/mol. The lowest BCUT2D eigenvalue weighted by molar-refractivity contribution is -0.139. The van der Waals surface area contributed by atoms with E-state index in [4.69, 9.17) is 5.73 Å². The van der Waals surface area contributed by atoms with Gasteiger partial charge >= 0.3 is 0 Å². The summed E-state index contributed by atoms with van der Waals surface area (Å²) in [6, 6.07) is 5.16. The lowest BCUT2D eigenvalue weighted by Gasteiger charge is -2.12. The highest BCUT2D eigenvalue weighted by Crippen LogP contribution is 2.15. The second kappa shape index (κ2) is 3.68. The van der Waals surface area contributed by atoms with Crippen molar-refractivity contribution >= 4 is 17.6 Å². The van der Waals surface area contributed by atoms with E-state index in [1.165, 1.54) is 4.90 Å². The minimum absolute atomic E-state index is 0.135. The summed E-state index contributed by atoms with van der Waals surface area (Å²) >= 11 is 0. The van der Waals surface area contributed by atoms with E-state index in [1.807, 2.05) is 0 Å². The molecule has 2 rings (SSSR count). The van der Waals surface area contributed by atoms with Crippen LogP contribution in [-0.2, 0) is 16.1 Å². The molecule has 5 heteroatoms. The molecule has 2 heterocycles. The summed E-state index contributed by atoms with van der Waals surface area (Å²) in [5.74, 6) is 0.125. The largest absolute Gasteiger partial charge is 0.384 e. The lowest BCUT2D eigenvalue weighted by atomic mass is 10.3. The molecule has 0 aromatic carbocycles. The van der Waals surface area contributed by atoms with Crippen molar-refractivity contribution in [1.82, 2.24) is 9.88 Å². The molecule has 0 bridgehead atoms. The van der Waals surface area contributed by atoms with Gasteiger partial charge in [-0.25, -0.2) is 4.98 Å². The van der Waals surface area contributed by atoms with Crippen molar-refractivity contribution in [1.29, 1.82) is 0 Å². The Labute approximate surface area is 86.9 Å². The number of pyridine rings is 1. The number of aromatic nitrogens is 1. The fourth-order valence-corrected chi connectivity index (χ4v) is 1.55. The average molecular weight is 205 g/mol. The summed E-state index contributed by atoms with van der Waals surface area (Å²) < 4.78 is 0. The smallest absolute Gasteiger partial charge is 0.230 e. The van der Waals surface area contributed by atoms with Crippen molar-refractivity contribution < 1.29 is 9.59 Å². The average Bonchev–Trinajstić information content (AvgIpc) is 2.50. The molecule has 1 aliphatic rings. The second-order valence-electron chi connectivity index (χ2n) is 3.43. The number of nitrogens with zero attached hydrogens (tertiary/aromatic N) is 2. The molecular formula is C10H11N3O2. The highest BCUT2D eigenvalue weighted by Gasteiger charge is 2.28. The summed E-state index contributed by atoms with van der Waals surface area (Å²) in [6.45, 7) is 0.225. The maximum atomic E-state index is 11.3. The molecule has 2 N–H and O–H groups in total. The highest BCUT2D eigenvalue weighted by molar-refractivity contribution is 6.01. The van der Waals surface area contributed by atoms with Gasteiger partial charge in [0, 0.05) is 12.8 Å². The quantitative estimate of drug-likeness (QED) is 0.705. The molecule has 0 atom stereocenters. The Morgan fingerprint density at radius 1 is 1.27 bits per heavy atom. The van der Waals surface area contributed by atoms with Gasteiger partial charge in [0.1, 0.15) is 5.82 Å². The zero-order chi connectivity index (χ0) is 10.8. The molecule has 0 unspecified atom stereocenters. The van der Waals surface area contributed by atoms with E-state index in [1.54, 1.807) is 18.2 Å². The topological polar surface area (TPSA) is 76.3 Å². The number of imide groups is 1. The molecule has 0 aliphatic carbocycles. The molecule has 15 heavy (non-hydrogen) atoms. The molecule has 5 nitrogen and oxygen atoms in total. The van der Waals surface area contributed by atoms with Crippen molar-refractivity contribution in [2.45, 2.75) is 19.4 Å². The van der Waals surface area contributed by atoms with Crippen molar-refractivity contribution in [3.63, 3.8) is 0 Å². The third-order valence-corrected chi connectivity index (χ3v) is 2.30. The van der Waals surface area contributed by atoms with E-state index >= 15 is 0 Å². The number of carbonyl (C=O) groups is 2.